The predicted molar refractivity (Wildman–Crippen MR) is 142 cm³/mol. The Balaban J connectivity index is 1.35. The monoisotopic (exact) mass is 566 g/mol. The quantitative estimate of drug-likeness (QED) is 0.359. The number of nitrogens with one attached hydrogen (secondary N) is 2. The molecule has 2 amide bonds. The van der Waals surface area contributed by atoms with Crippen LogP contribution in [0.15, 0.2) is 36.9 Å². The van der Waals surface area contributed by atoms with E-state index in [1.165, 1.54) is 16.9 Å². The highest BCUT2D eigenvalue weighted by Gasteiger charge is 2.47. The highest BCUT2D eigenvalue weighted by atomic mass is 19.3. The second-order valence-electron chi connectivity index (χ2n) is 11.1. The maximum Gasteiger partial charge on any atom is 0.282 e. The van der Waals surface area contributed by atoms with Gasteiger partial charge in [-0.3, -0.25) is 14.3 Å². The molecule has 0 radical (unpaired) electrons. The Morgan fingerprint density at radius 3 is 2.56 bits per heavy atom. The van der Waals surface area contributed by atoms with Gasteiger partial charge in [0, 0.05) is 30.6 Å². The van der Waals surface area contributed by atoms with E-state index in [2.05, 4.69) is 37.3 Å². The van der Waals surface area contributed by atoms with Gasteiger partial charge in [0.25, 0.3) is 17.7 Å². The van der Waals surface area contributed by atoms with Crippen LogP contribution in [0.1, 0.15) is 65.5 Å². The van der Waals surface area contributed by atoms with E-state index >= 15 is 4.39 Å². The number of amides is 2. The smallest absolute Gasteiger partial charge is 0.282 e. The summed E-state index contributed by atoms with van der Waals surface area (Å²) in [5.41, 5.74) is 0.774. The van der Waals surface area contributed by atoms with Crippen molar-refractivity contribution in [3.63, 3.8) is 0 Å². The number of carbonyl (C=O) groups is 2. The van der Waals surface area contributed by atoms with Gasteiger partial charge in [-0.25, -0.2) is 28.1 Å². The van der Waals surface area contributed by atoms with Crippen LogP contribution in [-0.2, 0) is 7.05 Å². The normalized spacial score (nSPS) is 21.0. The summed E-state index contributed by atoms with van der Waals surface area (Å²) in [6.07, 6.45) is 7.73. The van der Waals surface area contributed by atoms with Crippen LogP contribution in [0.5, 0.6) is 0 Å². The van der Waals surface area contributed by atoms with Crippen molar-refractivity contribution >= 4 is 22.8 Å². The molecule has 3 aromatic heterocycles. The lowest BCUT2D eigenvalue weighted by Gasteiger charge is -2.38. The summed E-state index contributed by atoms with van der Waals surface area (Å²) in [6, 6.07) is 4.24. The number of carbonyl (C=O) groups excluding carboxylic acids is 2. The lowest BCUT2D eigenvalue weighted by atomic mass is 9.79. The Hall–Kier alpha value is -4.29. The van der Waals surface area contributed by atoms with Crippen molar-refractivity contribution < 1.29 is 22.8 Å². The number of aryl methyl sites for hydroxylation is 1. The highest BCUT2D eigenvalue weighted by Crippen LogP contribution is 2.38. The number of fused-ring (bicyclic) bond motifs is 1. The second kappa shape index (κ2) is 10.3. The molecule has 6 rings (SSSR count). The number of rotatable bonds is 6. The summed E-state index contributed by atoms with van der Waals surface area (Å²) >= 11 is 0. The molecule has 0 spiro atoms. The van der Waals surface area contributed by atoms with Gasteiger partial charge < -0.3 is 15.2 Å². The summed E-state index contributed by atoms with van der Waals surface area (Å²) in [6.45, 7) is 0.772. The lowest BCUT2D eigenvalue weighted by Crippen LogP contribution is -2.58. The summed E-state index contributed by atoms with van der Waals surface area (Å²) in [4.78, 5) is 42.8. The van der Waals surface area contributed by atoms with E-state index in [-0.39, 0.29) is 34.2 Å². The van der Waals surface area contributed by atoms with E-state index in [0.717, 1.165) is 36.9 Å². The highest BCUT2D eigenvalue weighted by molar-refractivity contribution is 6.00. The third-order valence-corrected chi connectivity index (χ3v) is 8.11. The van der Waals surface area contributed by atoms with Crippen LogP contribution in [0.25, 0.3) is 22.2 Å². The topological polar surface area (TPSA) is 122 Å². The van der Waals surface area contributed by atoms with E-state index in [4.69, 9.17) is 0 Å². The van der Waals surface area contributed by atoms with Gasteiger partial charge in [-0.1, -0.05) is 19.8 Å². The number of imidazole rings is 1. The molecule has 2 aliphatic rings. The molecule has 2 N–H and O–H groups in total. The van der Waals surface area contributed by atoms with Crippen LogP contribution in [0.2, 0.25) is 0 Å². The zero-order valence-corrected chi connectivity index (χ0v) is 22.6. The van der Waals surface area contributed by atoms with Gasteiger partial charge in [0.05, 0.1) is 24.6 Å². The van der Waals surface area contributed by atoms with Crippen molar-refractivity contribution in [3.8, 4) is 11.1 Å². The van der Waals surface area contributed by atoms with E-state index in [1.807, 2.05) is 0 Å². The maximum atomic E-state index is 16.0. The molecule has 0 unspecified atom stereocenters. The van der Waals surface area contributed by atoms with Gasteiger partial charge in [-0.05, 0) is 42.9 Å². The van der Waals surface area contributed by atoms with E-state index < -0.39 is 36.8 Å². The third kappa shape index (κ3) is 5.04. The van der Waals surface area contributed by atoms with E-state index in [0.29, 0.717) is 23.0 Å². The predicted octanol–water partition coefficient (Wildman–Crippen LogP) is 4.28. The number of likely N-dealkylation sites (tertiary alicyclic amines) is 1. The van der Waals surface area contributed by atoms with Gasteiger partial charge in [-0.15, -0.1) is 0 Å². The molecular formula is C28H29F3N8O2. The minimum Gasteiger partial charge on any atom is -0.340 e. The zero-order valence-electron chi connectivity index (χ0n) is 22.6. The first kappa shape index (κ1) is 26.9. The van der Waals surface area contributed by atoms with Crippen LogP contribution in [0.4, 0.5) is 13.2 Å². The Bertz CT molecular complexity index is 1620. The Labute approximate surface area is 233 Å². The number of nitrogens with zero attached hydrogens (tertiary/aromatic N) is 6. The Morgan fingerprint density at radius 1 is 1.12 bits per heavy atom. The fourth-order valence-electron chi connectivity index (χ4n) is 5.76. The minimum atomic E-state index is -2.95. The first-order chi connectivity index (χ1) is 19.6. The van der Waals surface area contributed by atoms with Crippen molar-refractivity contribution in [1.29, 1.82) is 0 Å². The summed E-state index contributed by atoms with van der Waals surface area (Å²) in [7, 11) is 1.68. The number of halogens is 3. The molecule has 2 fully saturated rings. The Morgan fingerprint density at radius 2 is 1.88 bits per heavy atom. The van der Waals surface area contributed by atoms with Gasteiger partial charge >= 0.3 is 0 Å². The molecule has 1 aliphatic heterocycles. The molecular weight excluding hydrogens is 537 g/mol. The number of hydrogen-bond acceptors (Lipinski definition) is 6. The average Bonchev–Trinajstić information content (AvgIpc) is 3.57. The summed E-state index contributed by atoms with van der Waals surface area (Å²) in [5, 5.41) is 7.18. The first-order valence-electron chi connectivity index (χ1n) is 13.6. The molecule has 4 aromatic rings. The Kier molecular flexibility index (Phi) is 6.74. The van der Waals surface area contributed by atoms with Crippen molar-refractivity contribution in [2.45, 2.75) is 44.6 Å². The van der Waals surface area contributed by atoms with Gasteiger partial charge in [0.1, 0.15) is 29.1 Å². The molecule has 4 heterocycles. The second-order valence-corrected chi connectivity index (χ2v) is 11.1. The van der Waals surface area contributed by atoms with Crippen LogP contribution >= 0.6 is 0 Å². The SMILES string of the molecule is CC1CCC([C@H](NC(=O)c2ccnn2C)c2nc3c(F)c(-c4cncnc4C(=O)N4CC(F)(F)C4)ccc3[nH]2)CC1. The standard InChI is InChI=1S/C28H29F3N8O2/c1-15-3-5-16(6-4-15)22(37-26(40)20-9-10-34-38(20)2)25-35-19-8-7-17(21(29)24(19)36-25)18-11-32-14-33-23(18)27(41)39-12-28(30,31)13-39/h7-11,14-16,22H,3-6,12-13H2,1-2H3,(H,35,36)(H,37,40)/t15?,16?,22-/m0/s1. The molecule has 1 saturated carbocycles. The third-order valence-electron chi connectivity index (χ3n) is 8.11. The molecule has 1 aromatic carbocycles. The average molecular weight is 567 g/mol. The summed E-state index contributed by atoms with van der Waals surface area (Å²) < 4.78 is 44.3. The molecule has 1 aliphatic carbocycles. The van der Waals surface area contributed by atoms with Crippen LogP contribution in [0, 0.1) is 17.7 Å². The molecule has 0 bridgehead atoms. The molecule has 41 heavy (non-hydrogen) atoms. The van der Waals surface area contributed by atoms with Crippen molar-refractivity contribution in [1.82, 2.24) is 39.9 Å². The molecule has 10 nitrogen and oxygen atoms in total. The number of benzene rings is 1. The molecule has 1 saturated heterocycles. The van der Waals surface area contributed by atoms with Crippen molar-refractivity contribution in [2.75, 3.05) is 13.1 Å². The van der Waals surface area contributed by atoms with Crippen LogP contribution in [-0.4, -0.2) is 65.4 Å². The van der Waals surface area contributed by atoms with Gasteiger partial charge in [0.2, 0.25) is 0 Å². The van der Waals surface area contributed by atoms with E-state index in [9.17, 15) is 18.4 Å². The fraction of sp³-hybridized carbons (Fsp3) is 0.429. The molecule has 214 valence electrons. The number of alkyl halides is 2. The van der Waals surface area contributed by atoms with Crippen molar-refractivity contribution in [3.05, 3.63) is 59.9 Å². The zero-order chi connectivity index (χ0) is 28.9. The maximum absolute atomic E-state index is 16.0. The number of aromatic nitrogens is 6. The van der Waals surface area contributed by atoms with Crippen LogP contribution in [0.3, 0.4) is 0 Å². The van der Waals surface area contributed by atoms with Gasteiger partial charge in [-0.2, -0.15) is 5.10 Å². The molecule has 13 heteroatoms. The number of aromatic amines is 1. The minimum absolute atomic E-state index is 0.0220. The summed E-state index contributed by atoms with van der Waals surface area (Å²) in [5.74, 6) is -3.59. The van der Waals surface area contributed by atoms with Crippen LogP contribution < -0.4 is 5.32 Å². The number of hydrogen-bond donors (Lipinski definition) is 2. The largest absolute Gasteiger partial charge is 0.340 e. The molecule has 1 atom stereocenters. The van der Waals surface area contributed by atoms with Gasteiger partial charge in [0.15, 0.2) is 5.82 Å². The number of H-pyrrole nitrogens is 1. The fourth-order valence-corrected chi connectivity index (χ4v) is 5.76. The lowest BCUT2D eigenvalue weighted by molar-refractivity contribution is -0.113. The first-order valence-corrected chi connectivity index (χ1v) is 13.6. The van der Waals surface area contributed by atoms with Crippen molar-refractivity contribution in [2.24, 2.45) is 18.9 Å². The van der Waals surface area contributed by atoms with E-state index in [1.54, 1.807) is 25.4 Å².